The first-order chi connectivity index (χ1) is 29.0. The molecule has 1 atom stereocenters. The van der Waals surface area contributed by atoms with Crippen LogP contribution >= 0.6 is 0 Å². The van der Waals surface area contributed by atoms with Gasteiger partial charge in [-0.3, -0.25) is 14.4 Å². The van der Waals surface area contributed by atoms with E-state index in [1.54, 1.807) is 0 Å². The Morgan fingerprint density at radius 1 is 0.339 bits per heavy atom. The van der Waals surface area contributed by atoms with Crippen LogP contribution in [0.1, 0.15) is 239 Å². The van der Waals surface area contributed by atoms with Crippen molar-refractivity contribution in [2.75, 3.05) is 13.2 Å². The van der Waals surface area contributed by atoms with Gasteiger partial charge in [0.2, 0.25) is 0 Å². The molecule has 1 unspecified atom stereocenters. The number of allylic oxidation sites excluding steroid dienone is 10. The highest BCUT2D eigenvalue weighted by Crippen LogP contribution is 2.13. The smallest absolute Gasteiger partial charge is 0.306 e. The van der Waals surface area contributed by atoms with Gasteiger partial charge >= 0.3 is 17.9 Å². The first-order valence-electron chi connectivity index (χ1n) is 24.8. The topological polar surface area (TPSA) is 78.9 Å². The molecule has 340 valence electrons. The Bertz CT molecular complexity index is 1090. The molecule has 0 saturated heterocycles. The first kappa shape index (κ1) is 56.1. The molecule has 0 spiro atoms. The summed E-state index contributed by atoms with van der Waals surface area (Å²) in [7, 11) is 0. The highest BCUT2D eigenvalue weighted by molar-refractivity contribution is 5.71. The summed E-state index contributed by atoms with van der Waals surface area (Å²) >= 11 is 0. The van der Waals surface area contributed by atoms with Gasteiger partial charge in [0.1, 0.15) is 13.2 Å². The molecule has 0 heterocycles. The summed E-state index contributed by atoms with van der Waals surface area (Å²) in [6.45, 7) is 6.50. The van der Waals surface area contributed by atoms with Gasteiger partial charge in [0.05, 0.1) is 0 Å². The number of unbranched alkanes of at least 4 members (excludes halogenated alkanes) is 23. The summed E-state index contributed by atoms with van der Waals surface area (Å²) < 4.78 is 16.7. The fourth-order valence-electron chi connectivity index (χ4n) is 6.68. The lowest BCUT2D eigenvalue weighted by Gasteiger charge is -2.18. The maximum absolute atomic E-state index is 12.7. The molecule has 6 heteroatoms. The summed E-state index contributed by atoms with van der Waals surface area (Å²) in [5, 5.41) is 0. The molecule has 0 aromatic carbocycles. The van der Waals surface area contributed by atoms with Gasteiger partial charge in [-0.15, -0.1) is 0 Å². The number of carbonyl (C=O) groups excluding carboxylic acids is 3. The number of hydrogen-bond acceptors (Lipinski definition) is 6. The molecular weight excluding hydrogens is 733 g/mol. The molecule has 0 aromatic rings. The summed E-state index contributed by atoms with van der Waals surface area (Å²) in [5.41, 5.74) is 0. The largest absolute Gasteiger partial charge is 0.462 e. The molecule has 0 N–H and O–H groups in total. The van der Waals surface area contributed by atoms with E-state index in [9.17, 15) is 14.4 Å². The predicted octanol–water partition coefficient (Wildman–Crippen LogP) is 16.1. The molecule has 0 bridgehead atoms. The highest BCUT2D eigenvalue weighted by atomic mass is 16.6. The number of rotatable bonds is 44. The Morgan fingerprint density at radius 2 is 0.644 bits per heavy atom. The van der Waals surface area contributed by atoms with Crippen LogP contribution in [0.15, 0.2) is 60.8 Å². The first-order valence-corrected chi connectivity index (χ1v) is 24.8. The summed E-state index contributed by atoms with van der Waals surface area (Å²) in [6.07, 6.45) is 57.7. The standard InChI is InChI=1S/C53H92O6/c1-4-7-10-13-16-19-22-25-26-27-29-31-34-37-40-43-46-52(55)58-49-50(48-57-51(54)45-42-39-36-33-30-24-21-18-15-12-9-6-3)59-53(56)47-44-41-38-35-32-28-23-20-17-14-11-8-5-2/h11,14,18-23,26-27,50H,4-10,12-13,15-17,24-25,28-49H2,1-3H3/b14-11-,21-18-,22-19-,23-20-,27-26-. The molecule has 0 aromatic heterocycles. The average molecular weight is 825 g/mol. The zero-order chi connectivity index (χ0) is 43.0. The lowest BCUT2D eigenvalue weighted by molar-refractivity contribution is -0.167. The molecule has 0 rings (SSSR count). The second-order valence-corrected chi connectivity index (χ2v) is 16.4. The van der Waals surface area contributed by atoms with Crippen LogP contribution in [0.4, 0.5) is 0 Å². The van der Waals surface area contributed by atoms with Crippen molar-refractivity contribution in [2.24, 2.45) is 0 Å². The van der Waals surface area contributed by atoms with E-state index in [2.05, 4.69) is 81.5 Å². The van der Waals surface area contributed by atoms with E-state index in [-0.39, 0.29) is 31.1 Å². The number of hydrogen-bond donors (Lipinski definition) is 0. The van der Waals surface area contributed by atoms with E-state index >= 15 is 0 Å². The van der Waals surface area contributed by atoms with Gasteiger partial charge in [-0.25, -0.2) is 0 Å². The van der Waals surface area contributed by atoms with Gasteiger partial charge in [0.15, 0.2) is 6.10 Å². The quantitative estimate of drug-likeness (QED) is 0.0263. The maximum atomic E-state index is 12.7. The number of ether oxygens (including phenoxy) is 3. The minimum atomic E-state index is -0.789. The SMILES string of the molecule is CCC/C=C\C/C=C\CCCCCCCC(=O)OC(COC(=O)CCCCCCC/C=C\C/C=C\CCCCCC)COC(=O)CCCCCCC/C=C\CCCCC. The fourth-order valence-corrected chi connectivity index (χ4v) is 6.68. The van der Waals surface area contributed by atoms with Crippen LogP contribution in [0, 0.1) is 0 Å². The normalized spacial score (nSPS) is 12.5. The molecule has 0 fully saturated rings. The van der Waals surface area contributed by atoms with E-state index in [1.807, 2.05) is 0 Å². The van der Waals surface area contributed by atoms with Gasteiger partial charge in [0, 0.05) is 19.3 Å². The van der Waals surface area contributed by atoms with E-state index in [4.69, 9.17) is 14.2 Å². The Balaban J connectivity index is 4.42. The zero-order valence-corrected chi connectivity index (χ0v) is 38.8. The summed E-state index contributed by atoms with van der Waals surface area (Å²) in [6, 6.07) is 0. The van der Waals surface area contributed by atoms with Gasteiger partial charge < -0.3 is 14.2 Å². The highest BCUT2D eigenvalue weighted by Gasteiger charge is 2.19. The van der Waals surface area contributed by atoms with Crippen LogP contribution < -0.4 is 0 Å². The second-order valence-electron chi connectivity index (χ2n) is 16.4. The van der Waals surface area contributed by atoms with Gasteiger partial charge in [-0.2, -0.15) is 0 Å². The molecule has 0 aliphatic heterocycles. The monoisotopic (exact) mass is 825 g/mol. The third-order valence-electron chi connectivity index (χ3n) is 10.4. The van der Waals surface area contributed by atoms with Crippen molar-refractivity contribution in [3.8, 4) is 0 Å². The maximum Gasteiger partial charge on any atom is 0.306 e. The molecule has 0 radical (unpaired) electrons. The van der Waals surface area contributed by atoms with Crippen molar-refractivity contribution < 1.29 is 28.6 Å². The minimum Gasteiger partial charge on any atom is -0.462 e. The number of carbonyl (C=O) groups is 3. The molecule has 0 aliphatic rings. The minimum absolute atomic E-state index is 0.0891. The van der Waals surface area contributed by atoms with Crippen molar-refractivity contribution in [3.05, 3.63) is 60.8 Å². The van der Waals surface area contributed by atoms with Gasteiger partial charge in [0.25, 0.3) is 0 Å². The average Bonchev–Trinajstić information content (AvgIpc) is 3.23. The van der Waals surface area contributed by atoms with Crippen molar-refractivity contribution >= 4 is 17.9 Å². The van der Waals surface area contributed by atoms with Crippen molar-refractivity contribution in [1.29, 1.82) is 0 Å². The Hall–Kier alpha value is -2.89. The second kappa shape index (κ2) is 47.8. The van der Waals surface area contributed by atoms with Crippen molar-refractivity contribution in [3.63, 3.8) is 0 Å². The third kappa shape index (κ3) is 46.0. The summed E-state index contributed by atoms with van der Waals surface area (Å²) in [5.74, 6) is -0.926. The van der Waals surface area contributed by atoms with Crippen LogP contribution in [0.2, 0.25) is 0 Å². The van der Waals surface area contributed by atoms with Gasteiger partial charge in [-0.1, -0.05) is 178 Å². The van der Waals surface area contributed by atoms with Crippen LogP contribution in [0.3, 0.4) is 0 Å². The van der Waals surface area contributed by atoms with E-state index in [0.717, 1.165) is 116 Å². The van der Waals surface area contributed by atoms with E-state index in [0.29, 0.717) is 19.3 Å². The Kier molecular flexibility index (Phi) is 45.4. The fraction of sp³-hybridized carbons (Fsp3) is 0.755. The van der Waals surface area contributed by atoms with Crippen molar-refractivity contribution in [1.82, 2.24) is 0 Å². The van der Waals surface area contributed by atoms with E-state index in [1.165, 1.54) is 83.5 Å². The molecule has 59 heavy (non-hydrogen) atoms. The number of esters is 3. The molecule has 0 saturated carbocycles. The van der Waals surface area contributed by atoms with Crippen LogP contribution in [-0.4, -0.2) is 37.2 Å². The predicted molar refractivity (Wildman–Crippen MR) is 251 cm³/mol. The lowest BCUT2D eigenvalue weighted by atomic mass is 10.1. The van der Waals surface area contributed by atoms with Crippen LogP contribution in [-0.2, 0) is 28.6 Å². The van der Waals surface area contributed by atoms with Crippen molar-refractivity contribution in [2.45, 2.75) is 245 Å². The third-order valence-corrected chi connectivity index (χ3v) is 10.4. The lowest BCUT2D eigenvalue weighted by Crippen LogP contribution is -2.30. The Morgan fingerprint density at radius 3 is 1.05 bits per heavy atom. The zero-order valence-electron chi connectivity index (χ0n) is 38.8. The molecule has 6 nitrogen and oxygen atoms in total. The molecule has 0 amide bonds. The van der Waals surface area contributed by atoms with Gasteiger partial charge in [-0.05, 0) is 103 Å². The summed E-state index contributed by atoms with van der Waals surface area (Å²) in [4.78, 5) is 37.9. The molecule has 0 aliphatic carbocycles. The van der Waals surface area contributed by atoms with Crippen LogP contribution in [0.25, 0.3) is 0 Å². The Labute approximate surface area is 364 Å². The van der Waals surface area contributed by atoms with E-state index < -0.39 is 6.10 Å². The molecular formula is C53H92O6. The van der Waals surface area contributed by atoms with Crippen LogP contribution in [0.5, 0.6) is 0 Å².